The summed E-state index contributed by atoms with van der Waals surface area (Å²) in [6, 6.07) is 11.1. The van der Waals surface area contributed by atoms with Gasteiger partial charge in [0.05, 0.1) is 37.3 Å². The van der Waals surface area contributed by atoms with Gasteiger partial charge in [0.2, 0.25) is 0 Å². The van der Waals surface area contributed by atoms with Crippen LogP contribution in [0.5, 0.6) is 17.2 Å². The number of aromatic hydroxyl groups is 1. The molecule has 2 aliphatic carbocycles. The molecule has 2 saturated carbocycles. The molecule has 11 nitrogen and oxygen atoms in total. The molecule has 10 atom stereocenters. The van der Waals surface area contributed by atoms with Gasteiger partial charge in [-0.2, -0.15) is 0 Å². The molecule has 0 saturated heterocycles. The van der Waals surface area contributed by atoms with E-state index < -0.39 is 85.7 Å². The third-order valence-corrected chi connectivity index (χ3v) is 7.37. The van der Waals surface area contributed by atoms with Crippen molar-refractivity contribution in [2.24, 2.45) is 11.8 Å². The first kappa shape index (κ1) is 33.7. The Kier molecular flexibility index (Phi) is 10.7. The van der Waals surface area contributed by atoms with Gasteiger partial charge in [-0.1, -0.05) is 17.7 Å². The first-order valence-corrected chi connectivity index (χ1v) is 12.8. The molecule has 42 heavy (non-hydrogen) atoms. The quantitative estimate of drug-likeness (QED) is 0.192. The fraction of sp³-hybridized carbons (Fsp3) is 0.556. The number of benzene rings is 2. The molecule has 0 spiro atoms. The molecule has 2 fully saturated rings. The van der Waals surface area contributed by atoms with Crippen LogP contribution in [-0.2, 0) is 0 Å². The van der Waals surface area contributed by atoms with Gasteiger partial charge in [-0.25, -0.2) is 17.6 Å². The molecular weight excluding hydrogens is 576 g/mol. The lowest BCUT2D eigenvalue weighted by molar-refractivity contribution is -0.266. The van der Waals surface area contributed by atoms with Crippen molar-refractivity contribution < 1.29 is 73.0 Å². The van der Waals surface area contributed by atoms with Gasteiger partial charge >= 0.3 is 0 Å². The fourth-order valence-electron chi connectivity index (χ4n) is 4.76. The second-order valence-corrected chi connectivity index (χ2v) is 10.3. The molecule has 0 bridgehead atoms. The van der Waals surface area contributed by atoms with Gasteiger partial charge in [0, 0.05) is 0 Å². The highest BCUT2D eigenvalue weighted by Gasteiger charge is 2.63. The van der Waals surface area contributed by atoms with E-state index in [0.717, 1.165) is 5.56 Å². The Labute approximate surface area is 237 Å². The number of aryl methyl sites for hydroxylation is 1. The SMILES string of the molecule is Cc1ccc(O[C@@H]2[C@H](O)[C@@H](O)[C@H](O)[C@@H](CO)C2(F)F)cc1.OC[C@@H]1[C@@H](O)[C@H](O)[C@@H](O)[C@H](Oc2ccc(O)cc2)C1(F)F. The summed E-state index contributed by atoms with van der Waals surface area (Å²) < 4.78 is 67.0. The monoisotopic (exact) mass is 610 g/mol. The molecule has 0 heterocycles. The molecule has 0 radical (unpaired) electrons. The largest absolute Gasteiger partial charge is 0.508 e. The van der Waals surface area contributed by atoms with Crippen molar-refractivity contribution in [2.45, 2.75) is 67.6 Å². The Hall–Kier alpha value is -2.76. The third-order valence-electron chi connectivity index (χ3n) is 7.37. The molecule has 2 aromatic rings. The van der Waals surface area contributed by atoms with E-state index in [0.29, 0.717) is 0 Å². The van der Waals surface area contributed by atoms with Crippen LogP contribution in [0, 0.1) is 18.8 Å². The van der Waals surface area contributed by atoms with E-state index in [1.165, 1.54) is 36.4 Å². The van der Waals surface area contributed by atoms with Crippen molar-refractivity contribution in [2.75, 3.05) is 13.2 Å². The molecule has 0 amide bonds. The predicted octanol–water partition coefficient (Wildman–Crippen LogP) is -0.438. The molecule has 0 aromatic heterocycles. The highest BCUT2D eigenvalue weighted by atomic mass is 19.3. The number of aliphatic hydroxyl groups excluding tert-OH is 8. The van der Waals surface area contributed by atoms with Crippen molar-refractivity contribution in [3.05, 3.63) is 54.1 Å². The molecule has 9 N–H and O–H groups in total. The summed E-state index contributed by atoms with van der Waals surface area (Å²) in [5.41, 5.74) is 0.905. The number of phenols is 1. The van der Waals surface area contributed by atoms with Crippen LogP contribution >= 0.6 is 0 Å². The molecule has 0 unspecified atom stereocenters. The van der Waals surface area contributed by atoms with Crippen molar-refractivity contribution in [3.63, 3.8) is 0 Å². The zero-order chi connectivity index (χ0) is 31.6. The number of ether oxygens (including phenoxy) is 2. The Morgan fingerprint density at radius 2 is 0.905 bits per heavy atom. The second-order valence-electron chi connectivity index (χ2n) is 10.3. The number of hydrogen-bond donors (Lipinski definition) is 9. The van der Waals surface area contributed by atoms with E-state index in [2.05, 4.69) is 0 Å². The molecule has 2 aromatic carbocycles. The highest BCUT2D eigenvalue weighted by Crippen LogP contribution is 2.42. The summed E-state index contributed by atoms with van der Waals surface area (Å²) in [5.74, 6) is -11.4. The average Bonchev–Trinajstić information content (AvgIpc) is 2.94. The van der Waals surface area contributed by atoms with Gasteiger partial charge in [0.15, 0.2) is 12.2 Å². The topological polar surface area (TPSA) is 201 Å². The third kappa shape index (κ3) is 6.73. The van der Waals surface area contributed by atoms with Gasteiger partial charge in [-0.15, -0.1) is 0 Å². The standard InChI is InChI=1S/C14H18F2O5.C13H16F2O6/c1-7-2-4-8(5-3-7)21-13-12(20)11(19)10(18)9(6-17)14(13,15)16;14-13(15)8(5-16)9(18)10(19)11(20)12(13)21-7-3-1-6(17)2-4-7/h2-5,9-13,17-20H,6H2,1H3;1-4,8-12,16-20H,5H2/t9-,10-,11+,12-,13-;8-,9-,10+,11-,12+/m11/s1. The summed E-state index contributed by atoms with van der Waals surface area (Å²) in [6.45, 7) is -0.297. The Bertz CT molecular complexity index is 1050. The van der Waals surface area contributed by atoms with E-state index in [-0.39, 0.29) is 17.2 Å². The Balaban J connectivity index is 0.000000230. The Morgan fingerprint density at radius 1 is 0.571 bits per heavy atom. The minimum atomic E-state index is -3.76. The summed E-state index contributed by atoms with van der Waals surface area (Å²) in [6.07, 6.45) is -15.8. The van der Waals surface area contributed by atoms with E-state index in [9.17, 15) is 48.2 Å². The van der Waals surface area contributed by atoms with Crippen LogP contribution in [0.25, 0.3) is 0 Å². The molecular formula is C27H34F4O11. The van der Waals surface area contributed by atoms with Crippen molar-refractivity contribution in [3.8, 4) is 17.2 Å². The maximum Gasteiger partial charge on any atom is 0.294 e. The van der Waals surface area contributed by atoms with E-state index in [1.807, 2.05) is 6.92 Å². The first-order valence-electron chi connectivity index (χ1n) is 12.8. The lowest BCUT2D eigenvalue weighted by Gasteiger charge is -2.45. The highest BCUT2D eigenvalue weighted by molar-refractivity contribution is 5.31. The minimum Gasteiger partial charge on any atom is -0.508 e. The lowest BCUT2D eigenvalue weighted by Crippen LogP contribution is -2.67. The van der Waals surface area contributed by atoms with E-state index >= 15 is 0 Å². The van der Waals surface area contributed by atoms with Gasteiger partial charge in [0.1, 0.15) is 41.7 Å². The molecule has 15 heteroatoms. The van der Waals surface area contributed by atoms with Crippen molar-refractivity contribution in [1.82, 2.24) is 0 Å². The number of rotatable bonds is 6. The number of phenolic OH excluding ortho intramolecular Hbond substituents is 1. The number of hydrogen-bond acceptors (Lipinski definition) is 11. The normalized spacial score (nSPS) is 35.5. The zero-order valence-electron chi connectivity index (χ0n) is 22.2. The van der Waals surface area contributed by atoms with Crippen LogP contribution in [0.15, 0.2) is 48.5 Å². The van der Waals surface area contributed by atoms with Crippen LogP contribution in [-0.4, -0.2) is 120 Å². The van der Waals surface area contributed by atoms with Crippen molar-refractivity contribution >= 4 is 0 Å². The summed E-state index contributed by atoms with van der Waals surface area (Å²) in [5, 5.41) is 85.0. The predicted molar refractivity (Wildman–Crippen MR) is 135 cm³/mol. The molecule has 0 aliphatic heterocycles. The first-order chi connectivity index (χ1) is 19.6. The number of aliphatic hydroxyl groups is 8. The maximum atomic E-state index is 14.3. The summed E-state index contributed by atoms with van der Waals surface area (Å²) in [4.78, 5) is 0. The lowest BCUT2D eigenvalue weighted by atomic mass is 9.78. The average molecular weight is 611 g/mol. The second kappa shape index (κ2) is 13.3. The van der Waals surface area contributed by atoms with Crippen LogP contribution in [0.2, 0.25) is 0 Å². The van der Waals surface area contributed by atoms with Crippen LogP contribution < -0.4 is 9.47 Å². The molecule has 4 rings (SSSR count). The van der Waals surface area contributed by atoms with E-state index in [4.69, 9.17) is 24.8 Å². The number of halogens is 4. The van der Waals surface area contributed by atoms with Crippen LogP contribution in [0.4, 0.5) is 17.6 Å². The zero-order valence-corrected chi connectivity index (χ0v) is 22.2. The summed E-state index contributed by atoms with van der Waals surface area (Å²) in [7, 11) is 0. The van der Waals surface area contributed by atoms with Gasteiger partial charge in [0.25, 0.3) is 11.8 Å². The maximum absolute atomic E-state index is 14.3. The van der Waals surface area contributed by atoms with Crippen molar-refractivity contribution in [1.29, 1.82) is 0 Å². The van der Waals surface area contributed by atoms with Crippen LogP contribution in [0.3, 0.4) is 0 Å². The van der Waals surface area contributed by atoms with Gasteiger partial charge in [-0.3, -0.25) is 0 Å². The smallest absolute Gasteiger partial charge is 0.294 e. The minimum absolute atomic E-state index is 0.0585. The van der Waals surface area contributed by atoms with Crippen LogP contribution in [0.1, 0.15) is 5.56 Å². The Morgan fingerprint density at radius 3 is 1.24 bits per heavy atom. The van der Waals surface area contributed by atoms with E-state index in [1.54, 1.807) is 12.1 Å². The summed E-state index contributed by atoms with van der Waals surface area (Å²) >= 11 is 0. The van der Waals surface area contributed by atoms with Gasteiger partial charge in [-0.05, 0) is 43.3 Å². The fourth-order valence-corrected chi connectivity index (χ4v) is 4.76. The molecule has 236 valence electrons. The van der Waals surface area contributed by atoms with Gasteiger partial charge < -0.3 is 55.4 Å². The number of alkyl halides is 4. The molecule has 2 aliphatic rings.